The van der Waals surface area contributed by atoms with Gasteiger partial charge in [-0.1, -0.05) is 42.5 Å². The lowest BCUT2D eigenvalue weighted by Gasteiger charge is -2.32. The number of nitrogens with zero attached hydrogens (tertiary/aromatic N) is 1. The molecule has 2 aromatic carbocycles. The number of amides is 1. The third kappa shape index (κ3) is 3.40. The Morgan fingerprint density at radius 2 is 2.05 bits per heavy atom. The third-order valence-corrected chi connectivity index (χ3v) is 3.93. The zero-order valence-electron chi connectivity index (χ0n) is 12.0. The van der Waals surface area contributed by atoms with Gasteiger partial charge in [0.05, 0.1) is 19.3 Å². The maximum Gasteiger partial charge on any atom is 0.231 e. The molecule has 21 heavy (non-hydrogen) atoms. The van der Waals surface area contributed by atoms with Gasteiger partial charge in [-0.25, -0.2) is 0 Å². The standard InChI is InChI=1S/C17H20N2O2/c18-17(20)12-19-8-9-21-15(11-19)10-14-6-3-5-13-4-1-2-7-16(13)14/h1-7,15H,8-12H2,(H2,18,20). The molecule has 3 rings (SSSR count). The molecule has 0 bridgehead atoms. The van der Waals surface area contributed by atoms with E-state index in [0.29, 0.717) is 13.2 Å². The lowest BCUT2D eigenvalue weighted by Crippen LogP contribution is -2.46. The largest absolute Gasteiger partial charge is 0.375 e. The van der Waals surface area contributed by atoms with Crippen molar-refractivity contribution in [1.82, 2.24) is 4.90 Å². The summed E-state index contributed by atoms with van der Waals surface area (Å²) in [6.45, 7) is 2.50. The first-order valence-electron chi connectivity index (χ1n) is 7.31. The number of benzene rings is 2. The molecule has 0 spiro atoms. The number of hydrogen-bond donors (Lipinski definition) is 1. The van der Waals surface area contributed by atoms with Gasteiger partial charge in [-0.2, -0.15) is 0 Å². The van der Waals surface area contributed by atoms with Crippen molar-refractivity contribution < 1.29 is 9.53 Å². The number of fused-ring (bicyclic) bond motifs is 1. The average molecular weight is 284 g/mol. The first-order valence-corrected chi connectivity index (χ1v) is 7.31. The number of carbonyl (C=O) groups is 1. The molecule has 0 aliphatic carbocycles. The molecule has 1 fully saturated rings. The van der Waals surface area contributed by atoms with Crippen molar-refractivity contribution in [3.63, 3.8) is 0 Å². The highest BCUT2D eigenvalue weighted by molar-refractivity contribution is 5.85. The smallest absolute Gasteiger partial charge is 0.231 e. The number of primary amides is 1. The zero-order valence-corrected chi connectivity index (χ0v) is 12.0. The van der Waals surface area contributed by atoms with E-state index < -0.39 is 0 Å². The van der Waals surface area contributed by atoms with Gasteiger partial charge < -0.3 is 10.5 Å². The summed E-state index contributed by atoms with van der Waals surface area (Å²) in [5.74, 6) is -0.277. The van der Waals surface area contributed by atoms with Crippen molar-refractivity contribution in [3.05, 3.63) is 48.0 Å². The highest BCUT2D eigenvalue weighted by atomic mass is 16.5. The van der Waals surface area contributed by atoms with Gasteiger partial charge in [0, 0.05) is 19.5 Å². The Labute approximate surface area is 124 Å². The molecule has 0 radical (unpaired) electrons. The fraction of sp³-hybridized carbons (Fsp3) is 0.353. The van der Waals surface area contributed by atoms with Crippen LogP contribution in [0.2, 0.25) is 0 Å². The topological polar surface area (TPSA) is 55.6 Å². The second-order valence-electron chi connectivity index (χ2n) is 5.54. The van der Waals surface area contributed by atoms with E-state index in [4.69, 9.17) is 10.5 Å². The molecule has 110 valence electrons. The van der Waals surface area contributed by atoms with E-state index in [2.05, 4.69) is 47.4 Å². The van der Waals surface area contributed by atoms with Crippen LogP contribution in [0.4, 0.5) is 0 Å². The van der Waals surface area contributed by atoms with E-state index in [1.165, 1.54) is 16.3 Å². The average Bonchev–Trinajstić information content (AvgIpc) is 2.47. The molecule has 4 nitrogen and oxygen atoms in total. The van der Waals surface area contributed by atoms with E-state index in [9.17, 15) is 4.79 Å². The zero-order chi connectivity index (χ0) is 14.7. The normalized spacial score (nSPS) is 19.7. The molecule has 1 atom stereocenters. The van der Waals surface area contributed by atoms with E-state index in [-0.39, 0.29) is 12.0 Å². The maximum atomic E-state index is 11.0. The molecule has 0 saturated carbocycles. The Morgan fingerprint density at radius 1 is 1.24 bits per heavy atom. The summed E-state index contributed by atoms with van der Waals surface area (Å²) in [5.41, 5.74) is 6.57. The lowest BCUT2D eigenvalue weighted by molar-refractivity contribution is -0.121. The summed E-state index contributed by atoms with van der Waals surface area (Å²) in [6.07, 6.45) is 0.972. The van der Waals surface area contributed by atoms with Gasteiger partial charge in [-0.3, -0.25) is 9.69 Å². The van der Waals surface area contributed by atoms with Gasteiger partial charge in [0.1, 0.15) is 0 Å². The van der Waals surface area contributed by atoms with Crippen molar-refractivity contribution in [1.29, 1.82) is 0 Å². The SMILES string of the molecule is NC(=O)CN1CCOC(Cc2cccc3ccccc23)C1. The number of ether oxygens (including phenoxy) is 1. The van der Waals surface area contributed by atoms with Crippen LogP contribution in [0.3, 0.4) is 0 Å². The molecule has 2 N–H and O–H groups in total. The van der Waals surface area contributed by atoms with Crippen molar-refractivity contribution in [3.8, 4) is 0 Å². The minimum atomic E-state index is -0.277. The van der Waals surface area contributed by atoms with Crippen LogP contribution in [0.1, 0.15) is 5.56 Å². The Hall–Kier alpha value is -1.91. The maximum absolute atomic E-state index is 11.0. The first-order chi connectivity index (χ1) is 10.2. The first kappa shape index (κ1) is 14.0. The van der Waals surface area contributed by atoms with Crippen LogP contribution in [-0.2, 0) is 16.0 Å². The molecular formula is C17H20N2O2. The quantitative estimate of drug-likeness (QED) is 0.927. The molecule has 1 aliphatic heterocycles. The molecular weight excluding hydrogens is 264 g/mol. The van der Waals surface area contributed by atoms with Gasteiger partial charge in [-0.15, -0.1) is 0 Å². The molecule has 1 saturated heterocycles. The van der Waals surface area contributed by atoms with Crippen LogP contribution in [-0.4, -0.2) is 43.2 Å². The Kier molecular flexibility index (Phi) is 4.18. The summed E-state index contributed by atoms with van der Waals surface area (Å²) >= 11 is 0. The molecule has 0 aromatic heterocycles. The van der Waals surface area contributed by atoms with Gasteiger partial charge in [-0.05, 0) is 16.3 Å². The minimum absolute atomic E-state index is 0.115. The predicted octanol–water partition coefficient (Wildman–Crippen LogP) is 1.57. The fourth-order valence-electron chi connectivity index (χ4n) is 2.98. The van der Waals surface area contributed by atoms with E-state index >= 15 is 0 Å². The van der Waals surface area contributed by atoms with Crippen LogP contribution < -0.4 is 5.73 Å². The number of rotatable bonds is 4. The van der Waals surface area contributed by atoms with E-state index in [1.54, 1.807) is 0 Å². The van der Waals surface area contributed by atoms with E-state index in [1.807, 2.05) is 0 Å². The monoisotopic (exact) mass is 284 g/mol. The molecule has 1 aliphatic rings. The Morgan fingerprint density at radius 3 is 2.90 bits per heavy atom. The molecule has 1 heterocycles. The fourth-order valence-corrected chi connectivity index (χ4v) is 2.98. The Bertz CT molecular complexity index is 636. The van der Waals surface area contributed by atoms with Crippen LogP contribution in [0.15, 0.2) is 42.5 Å². The highest BCUT2D eigenvalue weighted by Crippen LogP contribution is 2.21. The van der Waals surface area contributed by atoms with Crippen LogP contribution in [0.5, 0.6) is 0 Å². The van der Waals surface area contributed by atoms with Crippen LogP contribution >= 0.6 is 0 Å². The van der Waals surface area contributed by atoms with Gasteiger partial charge in [0.25, 0.3) is 0 Å². The van der Waals surface area contributed by atoms with Crippen molar-refractivity contribution in [2.75, 3.05) is 26.2 Å². The number of carbonyl (C=O) groups excluding carboxylic acids is 1. The number of morpholine rings is 1. The summed E-state index contributed by atoms with van der Waals surface area (Å²) in [6, 6.07) is 14.7. The van der Waals surface area contributed by atoms with Crippen molar-refractivity contribution in [2.45, 2.75) is 12.5 Å². The summed E-state index contributed by atoms with van der Waals surface area (Å²) in [4.78, 5) is 13.1. The molecule has 2 aromatic rings. The molecule has 4 heteroatoms. The number of hydrogen-bond acceptors (Lipinski definition) is 3. The van der Waals surface area contributed by atoms with Crippen molar-refractivity contribution in [2.24, 2.45) is 5.73 Å². The molecule has 1 amide bonds. The second kappa shape index (κ2) is 6.24. The summed E-state index contributed by atoms with van der Waals surface area (Å²) in [7, 11) is 0. The summed E-state index contributed by atoms with van der Waals surface area (Å²) < 4.78 is 5.85. The summed E-state index contributed by atoms with van der Waals surface area (Å²) in [5, 5.41) is 2.52. The minimum Gasteiger partial charge on any atom is -0.375 e. The van der Waals surface area contributed by atoms with Crippen LogP contribution in [0.25, 0.3) is 10.8 Å². The molecule has 1 unspecified atom stereocenters. The predicted molar refractivity (Wildman–Crippen MR) is 83.0 cm³/mol. The van der Waals surface area contributed by atoms with Gasteiger partial charge in [0.15, 0.2) is 0 Å². The van der Waals surface area contributed by atoms with E-state index in [0.717, 1.165) is 19.5 Å². The van der Waals surface area contributed by atoms with Crippen LogP contribution in [0, 0.1) is 0 Å². The second-order valence-corrected chi connectivity index (χ2v) is 5.54. The van der Waals surface area contributed by atoms with Gasteiger partial charge in [0.2, 0.25) is 5.91 Å². The number of nitrogens with two attached hydrogens (primary N) is 1. The third-order valence-electron chi connectivity index (χ3n) is 3.93. The lowest BCUT2D eigenvalue weighted by atomic mass is 9.99. The Balaban J connectivity index is 1.74. The highest BCUT2D eigenvalue weighted by Gasteiger charge is 2.22. The van der Waals surface area contributed by atoms with Gasteiger partial charge >= 0.3 is 0 Å². The van der Waals surface area contributed by atoms with Crippen molar-refractivity contribution >= 4 is 16.7 Å².